The average molecular weight is 447 g/mol. The Morgan fingerprint density at radius 2 is 0.824 bits per heavy atom. The summed E-state index contributed by atoms with van der Waals surface area (Å²) in [5, 5.41) is 0. The SMILES string of the molecule is C#CC#CC#CC#COP(=O)(CN(C#CC#CC#C)C#CC#CC#C)OC#CC#CC#CC#C. The van der Waals surface area contributed by atoms with Gasteiger partial charge in [-0.25, -0.2) is 9.46 Å². The smallest absolute Gasteiger partial charge is 0.359 e. The van der Waals surface area contributed by atoms with Crippen LogP contribution in [0, 0.1) is 168 Å². The molecule has 0 spiro atoms. The molecule has 0 aliphatic heterocycles. The van der Waals surface area contributed by atoms with Gasteiger partial charge in [0.25, 0.3) is 0 Å². The zero-order valence-electron chi connectivity index (χ0n) is 17.1. The van der Waals surface area contributed by atoms with E-state index in [1.807, 2.05) is 0 Å². The Balaban J connectivity index is 6.01. The molecule has 0 radical (unpaired) electrons. The van der Waals surface area contributed by atoms with Crippen molar-refractivity contribution in [1.29, 1.82) is 0 Å². The molecule has 0 heterocycles. The molecule has 0 N–H and O–H groups in total. The second-order valence-corrected chi connectivity index (χ2v) is 6.24. The second kappa shape index (κ2) is 19.8. The van der Waals surface area contributed by atoms with Crippen molar-refractivity contribution in [2.45, 2.75) is 0 Å². The number of nitrogens with zero attached hydrogens (tertiary/aromatic N) is 1. The van der Waals surface area contributed by atoms with E-state index in [9.17, 15) is 4.57 Å². The van der Waals surface area contributed by atoms with Crippen molar-refractivity contribution in [3.63, 3.8) is 0 Å². The summed E-state index contributed by atoms with van der Waals surface area (Å²) in [5.41, 5.74) is 0. The molecule has 34 heavy (non-hydrogen) atoms. The maximum absolute atomic E-state index is 13.1. The van der Waals surface area contributed by atoms with Crippen molar-refractivity contribution < 1.29 is 13.6 Å². The van der Waals surface area contributed by atoms with Gasteiger partial charge >= 0.3 is 7.60 Å². The molecule has 4 nitrogen and oxygen atoms in total. The van der Waals surface area contributed by atoms with E-state index in [2.05, 4.69) is 143 Å². The van der Waals surface area contributed by atoms with Gasteiger partial charge in [-0.1, -0.05) is 0 Å². The van der Waals surface area contributed by atoms with E-state index < -0.39 is 13.9 Å². The van der Waals surface area contributed by atoms with Gasteiger partial charge in [-0.3, -0.25) is 0 Å². The number of hydrogen-bond acceptors (Lipinski definition) is 4. The highest BCUT2D eigenvalue weighted by molar-refractivity contribution is 7.54. The molecule has 0 atom stereocenters. The normalized spacial score (nSPS) is 5.76. The average Bonchev–Trinajstić information content (AvgIpc) is 2.83. The van der Waals surface area contributed by atoms with Crippen molar-refractivity contribution in [2.24, 2.45) is 0 Å². The summed E-state index contributed by atoms with van der Waals surface area (Å²) in [7, 11) is -4.08. The molecule has 0 aliphatic carbocycles. The van der Waals surface area contributed by atoms with Crippen LogP contribution in [0.5, 0.6) is 0 Å². The third-order valence-electron chi connectivity index (χ3n) is 2.21. The van der Waals surface area contributed by atoms with Crippen LogP contribution < -0.4 is 0 Å². The molecular formula is C29H6NO3P. The van der Waals surface area contributed by atoms with E-state index in [0.29, 0.717) is 0 Å². The van der Waals surface area contributed by atoms with Gasteiger partial charge in [0.1, 0.15) is 12.2 Å². The van der Waals surface area contributed by atoms with E-state index in [4.69, 9.17) is 34.7 Å². The van der Waals surface area contributed by atoms with Crippen molar-refractivity contribution in [1.82, 2.24) is 4.90 Å². The van der Waals surface area contributed by atoms with E-state index in [-0.39, 0.29) is 0 Å². The lowest BCUT2D eigenvalue weighted by molar-refractivity contribution is 0.341. The van der Waals surface area contributed by atoms with E-state index in [0.717, 1.165) is 4.90 Å². The fraction of sp³-hybridized carbons (Fsp3) is 0.0345. The zero-order chi connectivity index (χ0) is 25.2. The van der Waals surface area contributed by atoms with Crippen LogP contribution in [-0.2, 0) is 13.6 Å². The highest BCUT2D eigenvalue weighted by Crippen LogP contribution is 2.47. The Morgan fingerprint density at radius 1 is 0.500 bits per heavy atom. The fourth-order valence-electron chi connectivity index (χ4n) is 1.17. The molecule has 0 unspecified atom stereocenters. The minimum absolute atomic E-state index is 0.527. The fourth-order valence-corrected chi connectivity index (χ4v) is 2.18. The first-order chi connectivity index (χ1) is 16.6. The van der Waals surface area contributed by atoms with Gasteiger partial charge in [-0.15, -0.1) is 25.7 Å². The lowest BCUT2D eigenvalue weighted by Gasteiger charge is -2.15. The Kier molecular flexibility index (Phi) is 16.0. The highest BCUT2D eigenvalue weighted by Gasteiger charge is 2.29. The molecule has 0 aliphatic rings. The molecule has 0 fully saturated rings. The molecule has 0 saturated heterocycles. The van der Waals surface area contributed by atoms with Crippen LogP contribution in [-0.4, -0.2) is 11.2 Å². The summed E-state index contributed by atoms with van der Waals surface area (Å²) < 4.78 is 23.2. The second-order valence-electron chi connectivity index (χ2n) is 4.37. The van der Waals surface area contributed by atoms with Crippen molar-refractivity contribution in [2.75, 3.05) is 6.29 Å². The van der Waals surface area contributed by atoms with E-state index >= 15 is 0 Å². The van der Waals surface area contributed by atoms with Crippen LogP contribution in [0.2, 0.25) is 0 Å². The first-order valence-electron chi connectivity index (χ1n) is 8.19. The summed E-state index contributed by atoms with van der Waals surface area (Å²) in [6.45, 7) is 0. The third kappa shape index (κ3) is 16.4. The molecule has 0 amide bonds. The Morgan fingerprint density at radius 3 is 1.21 bits per heavy atom. The molecule has 0 aromatic rings. The van der Waals surface area contributed by atoms with Crippen LogP contribution in [0.15, 0.2) is 0 Å². The van der Waals surface area contributed by atoms with Crippen LogP contribution in [0.4, 0.5) is 0 Å². The summed E-state index contributed by atoms with van der Waals surface area (Å²) in [6.07, 6.45) is 23.7. The summed E-state index contributed by atoms with van der Waals surface area (Å²) in [6, 6.07) is 5.00. The van der Waals surface area contributed by atoms with Gasteiger partial charge < -0.3 is 9.05 Å². The lowest BCUT2D eigenvalue weighted by atomic mass is 10.5. The minimum atomic E-state index is -4.08. The van der Waals surface area contributed by atoms with Crippen molar-refractivity contribution in [3.8, 4) is 168 Å². The van der Waals surface area contributed by atoms with Crippen LogP contribution in [0.1, 0.15) is 0 Å². The Labute approximate surface area is 200 Å². The molecule has 5 heteroatoms. The first kappa shape index (κ1) is 27.5. The molecule has 0 saturated carbocycles. The van der Waals surface area contributed by atoms with Crippen molar-refractivity contribution in [3.05, 3.63) is 0 Å². The molecule has 0 aromatic heterocycles. The number of hydrogen-bond donors (Lipinski definition) is 0. The predicted molar refractivity (Wildman–Crippen MR) is 130 cm³/mol. The highest BCUT2D eigenvalue weighted by atomic mass is 31.2. The third-order valence-corrected chi connectivity index (χ3v) is 3.57. The molecule has 150 valence electrons. The minimum Gasteiger partial charge on any atom is -0.359 e. The predicted octanol–water partition coefficient (Wildman–Crippen LogP) is 0.869. The number of terminal acetylenes is 4. The zero-order valence-corrected chi connectivity index (χ0v) is 18.0. The van der Waals surface area contributed by atoms with Crippen LogP contribution >= 0.6 is 7.60 Å². The summed E-state index contributed by atoms with van der Waals surface area (Å²) >= 11 is 0. The maximum Gasteiger partial charge on any atom is 0.468 e. The van der Waals surface area contributed by atoms with Gasteiger partial charge in [0.05, 0.1) is 0 Å². The van der Waals surface area contributed by atoms with Gasteiger partial charge in [0.15, 0.2) is 6.29 Å². The molecule has 0 rings (SSSR count). The van der Waals surface area contributed by atoms with Gasteiger partial charge in [-0.2, -0.15) is 0 Å². The quantitative estimate of drug-likeness (QED) is 0.364. The van der Waals surface area contributed by atoms with Gasteiger partial charge in [0, 0.05) is 71.3 Å². The Hall–Kier alpha value is -6.53. The van der Waals surface area contributed by atoms with Gasteiger partial charge in [0.2, 0.25) is 0 Å². The van der Waals surface area contributed by atoms with E-state index in [1.54, 1.807) is 0 Å². The summed E-state index contributed by atoms with van der Waals surface area (Å²) in [4.78, 5) is 1.02. The largest absolute Gasteiger partial charge is 0.468 e. The first-order valence-corrected chi connectivity index (χ1v) is 9.92. The van der Waals surface area contributed by atoms with E-state index in [1.165, 1.54) is 0 Å². The lowest BCUT2D eigenvalue weighted by Crippen LogP contribution is -2.14. The Bertz CT molecular complexity index is 1540. The standard InChI is InChI=1S/C29H6NO3P/c1-5-9-13-17-19-23-27-32-34(31,33-28-24-20-18-14-10-6-2)29-30(25-21-15-11-7-3)26-22-16-12-8-4/h1-4H,29H2. The maximum atomic E-state index is 13.1. The monoisotopic (exact) mass is 447 g/mol. The van der Waals surface area contributed by atoms with Gasteiger partial charge in [-0.05, 0) is 59.2 Å². The number of rotatable bonds is 4. The molecular weight excluding hydrogens is 441 g/mol. The van der Waals surface area contributed by atoms with Crippen molar-refractivity contribution >= 4 is 7.60 Å². The van der Waals surface area contributed by atoms with Crippen LogP contribution in [0.25, 0.3) is 0 Å². The topological polar surface area (TPSA) is 38.8 Å². The summed E-state index contributed by atoms with van der Waals surface area (Å²) in [5.74, 6) is 45.5. The molecule has 0 aromatic carbocycles. The van der Waals surface area contributed by atoms with Crippen LogP contribution in [0.3, 0.4) is 0 Å². The molecule has 0 bridgehead atoms.